The lowest BCUT2D eigenvalue weighted by Crippen LogP contribution is -2.11. The van der Waals surface area contributed by atoms with E-state index >= 15 is 0 Å². The Labute approximate surface area is 94.5 Å². The highest BCUT2D eigenvalue weighted by molar-refractivity contribution is 5.51. The maximum atomic E-state index is 2.39. The Balaban J connectivity index is 2.40. The predicted octanol–water partition coefficient (Wildman–Crippen LogP) is 5.01. The molecule has 0 aromatic heterocycles. The Morgan fingerprint density at radius 1 is 0.733 bits per heavy atom. The number of fused-ring (bicyclic) bond motifs is 1. The van der Waals surface area contributed by atoms with Crippen molar-refractivity contribution < 1.29 is 0 Å². The maximum absolute atomic E-state index is 2.39. The Morgan fingerprint density at radius 2 is 1.13 bits per heavy atom. The van der Waals surface area contributed by atoms with Gasteiger partial charge in [0.15, 0.2) is 0 Å². The molecule has 2 aliphatic rings. The molecule has 0 radical (unpaired) electrons. The van der Waals surface area contributed by atoms with Gasteiger partial charge in [-0.25, -0.2) is 0 Å². The van der Waals surface area contributed by atoms with Gasteiger partial charge in [0.25, 0.3) is 0 Å². The van der Waals surface area contributed by atoms with Crippen LogP contribution in [0.2, 0.25) is 0 Å². The van der Waals surface area contributed by atoms with Gasteiger partial charge in [-0.05, 0) is 50.7 Å². The van der Waals surface area contributed by atoms with E-state index in [1.807, 2.05) is 0 Å². The van der Waals surface area contributed by atoms with Gasteiger partial charge < -0.3 is 0 Å². The molecule has 0 atom stereocenters. The highest BCUT2D eigenvalue weighted by Crippen LogP contribution is 2.49. The summed E-state index contributed by atoms with van der Waals surface area (Å²) in [6.45, 7) is 9.49. The summed E-state index contributed by atoms with van der Waals surface area (Å²) < 4.78 is 0. The maximum Gasteiger partial charge on any atom is 0.00703 e. The summed E-state index contributed by atoms with van der Waals surface area (Å²) in [4.78, 5) is 0. The van der Waals surface area contributed by atoms with Crippen molar-refractivity contribution in [2.75, 3.05) is 0 Å². The van der Waals surface area contributed by atoms with Crippen molar-refractivity contribution in [2.45, 2.75) is 66.2 Å². The minimum absolute atomic E-state index is 0.342. The van der Waals surface area contributed by atoms with Gasteiger partial charge in [-0.1, -0.05) is 37.8 Å². The zero-order valence-corrected chi connectivity index (χ0v) is 10.7. The van der Waals surface area contributed by atoms with Crippen LogP contribution >= 0.6 is 0 Å². The first-order valence-corrected chi connectivity index (χ1v) is 6.46. The van der Waals surface area contributed by atoms with Crippen LogP contribution < -0.4 is 0 Å². The number of hydrogen-bond acceptors (Lipinski definition) is 0. The molecule has 0 heteroatoms. The molecule has 0 amide bonds. The largest absolute Gasteiger partial charge is 0.0601 e. The lowest BCUT2D eigenvalue weighted by Gasteiger charge is -2.23. The summed E-state index contributed by atoms with van der Waals surface area (Å²) in [5.74, 6) is 0. The molecule has 1 saturated carbocycles. The number of hydrogen-bond donors (Lipinski definition) is 0. The molecule has 0 saturated heterocycles. The first-order chi connectivity index (χ1) is 7.05. The molecule has 15 heavy (non-hydrogen) atoms. The Kier molecular flexibility index (Phi) is 2.79. The molecule has 0 spiro atoms. The molecule has 1 fully saturated rings. The fourth-order valence-corrected chi connectivity index (χ4v) is 3.12. The summed E-state index contributed by atoms with van der Waals surface area (Å²) in [5, 5.41) is 0. The zero-order chi connectivity index (χ0) is 11.1. The topological polar surface area (TPSA) is 0 Å². The van der Waals surface area contributed by atoms with Crippen LogP contribution in [0.15, 0.2) is 22.3 Å². The summed E-state index contributed by atoms with van der Waals surface area (Å²) in [6, 6.07) is 0. The fraction of sp³-hybridized carbons (Fsp3) is 0.733. The lowest BCUT2D eigenvalue weighted by atomic mass is 9.81. The average molecular weight is 204 g/mol. The molecule has 0 aliphatic heterocycles. The van der Waals surface area contributed by atoms with Gasteiger partial charge in [-0.2, -0.15) is 0 Å². The molecule has 0 unspecified atom stereocenters. The lowest BCUT2D eigenvalue weighted by molar-refractivity contribution is 0.545. The molecule has 0 heterocycles. The first-order valence-electron chi connectivity index (χ1n) is 6.46. The van der Waals surface area contributed by atoms with E-state index in [4.69, 9.17) is 0 Å². The SMILES string of the molecule is CC1=C2CCCCCCC2=C(C)C1(C)C. The Morgan fingerprint density at radius 3 is 1.53 bits per heavy atom. The van der Waals surface area contributed by atoms with Crippen LogP contribution in [-0.4, -0.2) is 0 Å². The standard InChI is InChI=1S/C15H24/c1-11-13-9-7-5-6-8-10-14(13)12(2)15(11,3)4/h5-10H2,1-4H3. The van der Waals surface area contributed by atoms with Crippen LogP contribution in [0.4, 0.5) is 0 Å². The molecule has 0 aromatic rings. The normalized spacial score (nSPS) is 26.4. The van der Waals surface area contributed by atoms with Gasteiger partial charge >= 0.3 is 0 Å². The minimum Gasteiger partial charge on any atom is -0.0601 e. The summed E-state index contributed by atoms with van der Waals surface area (Å²) >= 11 is 0. The highest BCUT2D eigenvalue weighted by atomic mass is 14.4. The van der Waals surface area contributed by atoms with Crippen molar-refractivity contribution in [3.8, 4) is 0 Å². The van der Waals surface area contributed by atoms with E-state index in [1.165, 1.54) is 38.5 Å². The second-order valence-corrected chi connectivity index (χ2v) is 5.75. The monoisotopic (exact) mass is 204 g/mol. The van der Waals surface area contributed by atoms with E-state index in [0.29, 0.717) is 5.41 Å². The molecule has 0 aromatic carbocycles. The van der Waals surface area contributed by atoms with E-state index in [1.54, 1.807) is 22.3 Å². The van der Waals surface area contributed by atoms with E-state index in [0.717, 1.165) is 0 Å². The van der Waals surface area contributed by atoms with Crippen molar-refractivity contribution in [3.05, 3.63) is 22.3 Å². The van der Waals surface area contributed by atoms with Crippen LogP contribution in [-0.2, 0) is 0 Å². The van der Waals surface area contributed by atoms with Gasteiger partial charge in [0.05, 0.1) is 0 Å². The third kappa shape index (κ3) is 1.68. The molecule has 2 aliphatic carbocycles. The summed E-state index contributed by atoms with van der Waals surface area (Å²) in [6.07, 6.45) is 8.34. The van der Waals surface area contributed by atoms with Gasteiger partial charge in [-0.3, -0.25) is 0 Å². The average Bonchev–Trinajstić information content (AvgIpc) is 2.28. The highest BCUT2D eigenvalue weighted by Gasteiger charge is 2.34. The number of rotatable bonds is 0. The van der Waals surface area contributed by atoms with Crippen molar-refractivity contribution in [1.82, 2.24) is 0 Å². The molecule has 0 bridgehead atoms. The zero-order valence-electron chi connectivity index (χ0n) is 10.7. The third-order valence-corrected chi connectivity index (χ3v) is 4.75. The Hall–Kier alpha value is -0.520. The van der Waals surface area contributed by atoms with Crippen LogP contribution in [0.5, 0.6) is 0 Å². The van der Waals surface area contributed by atoms with Gasteiger partial charge in [0, 0.05) is 5.41 Å². The first kappa shape index (κ1) is 11.0. The van der Waals surface area contributed by atoms with Crippen molar-refractivity contribution >= 4 is 0 Å². The Bertz CT molecular complexity index is 294. The van der Waals surface area contributed by atoms with E-state index in [9.17, 15) is 0 Å². The molecule has 0 N–H and O–H groups in total. The minimum atomic E-state index is 0.342. The smallest absolute Gasteiger partial charge is 0.00703 e. The molecule has 84 valence electrons. The molecule has 0 nitrogen and oxygen atoms in total. The van der Waals surface area contributed by atoms with E-state index in [2.05, 4.69) is 27.7 Å². The van der Waals surface area contributed by atoms with Gasteiger partial charge in [-0.15, -0.1) is 0 Å². The third-order valence-electron chi connectivity index (χ3n) is 4.75. The van der Waals surface area contributed by atoms with Crippen LogP contribution in [0.1, 0.15) is 66.2 Å². The summed E-state index contributed by atoms with van der Waals surface area (Å²) in [5.41, 5.74) is 7.08. The van der Waals surface area contributed by atoms with Gasteiger partial charge in [0.2, 0.25) is 0 Å². The molecule has 2 rings (SSSR count). The second-order valence-electron chi connectivity index (χ2n) is 5.75. The molecular weight excluding hydrogens is 180 g/mol. The van der Waals surface area contributed by atoms with Crippen molar-refractivity contribution in [1.29, 1.82) is 0 Å². The van der Waals surface area contributed by atoms with Crippen molar-refractivity contribution in [2.24, 2.45) is 5.41 Å². The van der Waals surface area contributed by atoms with E-state index < -0.39 is 0 Å². The van der Waals surface area contributed by atoms with E-state index in [-0.39, 0.29) is 0 Å². The molecular formula is C15H24. The van der Waals surface area contributed by atoms with Crippen LogP contribution in [0.25, 0.3) is 0 Å². The quantitative estimate of drug-likeness (QED) is 0.520. The van der Waals surface area contributed by atoms with Crippen LogP contribution in [0, 0.1) is 5.41 Å². The fourth-order valence-electron chi connectivity index (χ4n) is 3.12. The second kappa shape index (κ2) is 3.81. The van der Waals surface area contributed by atoms with Crippen molar-refractivity contribution in [3.63, 3.8) is 0 Å². The van der Waals surface area contributed by atoms with Gasteiger partial charge in [0.1, 0.15) is 0 Å². The predicted molar refractivity (Wildman–Crippen MR) is 66.9 cm³/mol. The van der Waals surface area contributed by atoms with Crippen LogP contribution in [0.3, 0.4) is 0 Å². The summed E-state index contributed by atoms with van der Waals surface area (Å²) in [7, 11) is 0. The number of allylic oxidation sites excluding steroid dienone is 4.